The predicted octanol–water partition coefficient (Wildman–Crippen LogP) is 1.86. The molecule has 1 aromatic rings. The van der Waals surface area contributed by atoms with Crippen LogP contribution in [0.15, 0.2) is 29.2 Å². The van der Waals surface area contributed by atoms with Crippen LogP contribution in [0.5, 0.6) is 0 Å². The Bertz CT molecular complexity index is 463. The van der Waals surface area contributed by atoms with Crippen molar-refractivity contribution in [3.8, 4) is 0 Å². The van der Waals surface area contributed by atoms with Crippen LogP contribution in [0.1, 0.15) is 24.3 Å². The van der Waals surface area contributed by atoms with Gasteiger partial charge in [-0.2, -0.15) is 0 Å². The molecule has 0 radical (unpaired) electrons. The first-order valence-corrected chi connectivity index (χ1v) is 7.43. The van der Waals surface area contributed by atoms with Gasteiger partial charge in [-0.1, -0.05) is 18.2 Å². The number of rotatable bonds is 2. The zero-order chi connectivity index (χ0) is 12.5. The van der Waals surface area contributed by atoms with E-state index in [9.17, 15) is 9.90 Å². The van der Waals surface area contributed by atoms with Crippen LogP contribution in [0.2, 0.25) is 0 Å². The van der Waals surface area contributed by atoms with Gasteiger partial charge in [0.25, 0.3) is 0 Å². The van der Waals surface area contributed by atoms with Crippen LogP contribution < -0.4 is 0 Å². The van der Waals surface area contributed by atoms with Crippen LogP contribution in [0.3, 0.4) is 0 Å². The second-order valence-electron chi connectivity index (χ2n) is 4.91. The molecule has 1 amide bonds. The van der Waals surface area contributed by atoms with E-state index in [1.165, 1.54) is 4.90 Å². The van der Waals surface area contributed by atoms with E-state index in [0.29, 0.717) is 0 Å². The summed E-state index contributed by atoms with van der Waals surface area (Å²) >= 11 is 1.76. The zero-order valence-corrected chi connectivity index (χ0v) is 11.0. The molecule has 18 heavy (non-hydrogen) atoms. The molecule has 1 fully saturated rings. The molecule has 2 aliphatic heterocycles. The number of carbonyl (C=O) groups is 1. The van der Waals surface area contributed by atoms with Crippen molar-refractivity contribution >= 4 is 17.7 Å². The molecule has 0 bridgehead atoms. The lowest BCUT2D eigenvalue weighted by Crippen LogP contribution is -2.40. The number of nitrogens with zero attached hydrogens (tertiary/aromatic N) is 1. The second kappa shape index (κ2) is 4.94. The van der Waals surface area contributed by atoms with Gasteiger partial charge < -0.3 is 10.0 Å². The fraction of sp³-hybridized carbons (Fsp3) is 0.500. The third-order valence-electron chi connectivity index (χ3n) is 3.87. The van der Waals surface area contributed by atoms with E-state index in [0.717, 1.165) is 30.7 Å². The van der Waals surface area contributed by atoms with Crippen molar-refractivity contribution in [3.63, 3.8) is 0 Å². The number of hydrogen-bond donors (Lipinski definition) is 1. The molecule has 0 aromatic heterocycles. The lowest BCUT2D eigenvalue weighted by molar-refractivity contribution is -0.133. The quantitative estimate of drug-likeness (QED) is 0.885. The Morgan fingerprint density at radius 1 is 1.44 bits per heavy atom. The highest BCUT2D eigenvalue weighted by molar-refractivity contribution is 7.99. The number of carbonyl (C=O) groups excluding carboxylic acids is 1. The van der Waals surface area contributed by atoms with E-state index in [1.54, 1.807) is 11.8 Å². The second-order valence-corrected chi connectivity index (χ2v) is 5.97. The minimum Gasteiger partial charge on any atom is -0.394 e. The monoisotopic (exact) mass is 263 g/mol. The van der Waals surface area contributed by atoms with Crippen molar-refractivity contribution in [2.45, 2.75) is 29.7 Å². The van der Waals surface area contributed by atoms with E-state index in [2.05, 4.69) is 12.1 Å². The van der Waals surface area contributed by atoms with Gasteiger partial charge in [-0.05, 0) is 24.5 Å². The van der Waals surface area contributed by atoms with Crippen molar-refractivity contribution < 1.29 is 9.90 Å². The molecule has 1 unspecified atom stereocenters. The molecule has 2 atom stereocenters. The average molecular weight is 263 g/mol. The molecule has 2 heterocycles. The highest BCUT2D eigenvalue weighted by Crippen LogP contribution is 2.40. The number of likely N-dealkylation sites (tertiary alicyclic amines) is 1. The number of hydrogen-bond acceptors (Lipinski definition) is 3. The van der Waals surface area contributed by atoms with Gasteiger partial charge in [0.15, 0.2) is 0 Å². The van der Waals surface area contributed by atoms with Crippen molar-refractivity contribution in [2.24, 2.45) is 0 Å². The summed E-state index contributed by atoms with van der Waals surface area (Å²) in [6.45, 7) is 0.890. The average Bonchev–Trinajstić information content (AvgIpc) is 3.04. The maximum Gasteiger partial charge on any atom is 0.231 e. The Morgan fingerprint density at radius 2 is 2.28 bits per heavy atom. The van der Waals surface area contributed by atoms with Crippen LogP contribution >= 0.6 is 11.8 Å². The lowest BCUT2D eigenvalue weighted by Gasteiger charge is -2.26. The number of benzene rings is 1. The number of aliphatic hydroxyl groups excluding tert-OH is 1. The normalized spacial score (nSPS) is 26.4. The van der Waals surface area contributed by atoms with E-state index < -0.39 is 0 Å². The molecular formula is C14H17NO2S. The molecule has 1 saturated heterocycles. The van der Waals surface area contributed by atoms with Crippen molar-refractivity contribution in [3.05, 3.63) is 29.8 Å². The molecule has 0 saturated carbocycles. The summed E-state index contributed by atoms with van der Waals surface area (Å²) < 4.78 is 0. The van der Waals surface area contributed by atoms with E-state index in [1.807, 2.05) is 17.0 Å². The molecule has 4 heteroatoms. The smallest absolute Gasteiger partial charge is 0.231 e. The van der Waals surface area contributed by atoms with Gasteiger partial charge in [0, 0.05) is 17.2 Å². The topological polar surface area (TPSA) is 40.5 Å². The van der Waals surface area contributed by atoms with Gasteiger partial charge in [-0.3, -0.25) is 4.79 Å². The van der Waals surface area contributed by atoms with Crippen molar-refractivity contribution in [1.82, 2.24) is 4.90 Å². The number of thioether (sulfide) groups is 1. The minimum absolute atomic E-state index is 0.0154. The fourth-order valence-corrected chi connectivity index (χ4v) is 4.10. The Balaban J connectivity index is 1.82. The number of fused-ring (bicyclic) bond motifs is 1. The molecule has 1 N–H and O–H groups in total. The molecule has 3 nitrogen and oxygen atoms in total. The third kappa shape index (κ3) is 1.93. The van der Waals surface area contributed by atoms with Crippen LogP contribution in [-0.4, -0.2) is 40.9 Å². The van der Waals surface area contributed by atoms with Gasteiger partial charge in [-0.25, -0.2) is 0 Å². The highest BCUT2D eigenvalue weighted by Gasteiger charge is 2.36. The van der Waals surface area contributed by atoms with Crippen molar-refractivity contribution in [2.75, 3.05) is 18.9 Å². The first-order chi connectivity index (χ1) is 8.81. The number of amides is 1. The van der Waals surface area contributed by atoms with Crippen LogP contribution in [0.4, 0.5) is 0 Å². The molecule has 2 aliphatic rings. The summed E-state index contributed by atoms with van der Waals surface area (Å²) in [4.78, 5) is 15.7. The summed E-state index contributed by atoms with van der Waals surface area (Å²) in [5.74, 6) is 1.02. The molecular weight excluding hydrogens is 246 g/mol. The molecule has 3 rings (SSSR count). The zero-order valence-electron chi connectivity index (χ0n) is 10.2. The minimum atomic E-state index is -0.0154. The summed E-state index contributed by atoms with van der Waals surface area (Å²) in [6, 6.07) is 8.20. The first-order valence-electron chi connectivity index (χ1n) is 6.44. The SMILES string of the molecule is O=C(C1CSc2ccccc21)N1CCC[C@@H]1CO. The fourth-order valence-electron chi connectivity index (χ4n) is 2.88. The number of aliphatic hydroxyl groups is 1. The van der Waals surface area contributed by atoms with Gasteiger partial charge in [0.05, 0.1) is 18.6 Å². The van der Waals surface area contributed by atoms with Crippen LogP contribution in [-0.2, 0) is 4.79 Å². The summed E-state index contributed by atoms with van der Waals surface area (Å²) in [5.41, 5.74) is 1.16. The van der Waals surface area contributed by atoms with Gasteiger partial charge >= 0.3 is 0 Å². The molecule has 0 aliphatic carbocycles. The lowest BCUT2D eigenvalue weighted by atomic mass is 9.99. The molecule has 0 spiro atoms. The van der Waals surface area contributed by atoms with Gasteiger partial charge in [-0.15, -0.1) is 11.8 Å². The highest BCUT2D eigenvalue weighted by atomic mass is 32.2. The van der Waals surface area contributed by atoms with Crippen LogP contribution in [0.25, 0.3) is 0 Å². The van der Waals surface area contributed by atoms with E-state index >= 15 is 0 Å². The predicted molar refractivity (Wildman–Crippen MR) is 71.7 cm³/mol. The Labute approximate surface area is 111 Å². The van der Waals surface area contributed by atoms with Crippen LogP contribution in [0, 0.1) is 0 Å². The third-order valence-corrected chi connectivity index (χ3v) is 5.05. The maximum atomic E-state index is 12.6. The van der Waals surface area contributed by atoms with Gasteiger partial charge in [0.1, 0.15) is 0 Å². The Morgan fingerprint density at radius 3 is 3.11 bits per heavy atom. The van der Waals surface area contributed by atoms with E-state index in [-0.39, 0.29) is 24.5 Å². The summed E-state index contributed by atoms with van der Waals surface area (Å²) in [5, 5.41) is 9.32. The largest absolute Gasteiger partial charge is 0.394 e. The Kier molecular flexibility index (Phi) is 3.31. The molecule has 96 valence electrons. The standard InChI is InChI=1S/C14H17NO2S/c16-8-10-4-3-7-15(10)14(17)12-9-18-13-6-2-1-5-11(12)13/h1-2,5-6,10,12,16H,3-4,7-9H2/t10-,12?/m1/s1. The first kappa shape index (κ1) is 12.1. The Hall–Kier alpha value is -1.00. The van der Waals surface area contributed by atoms with E-state index in [4.69, 9.17) is 0 Å². The van der Waals surface area contributed by atoms with Gasteiger partial charge in [0.2, 0.25) is 5.91 Å². The summed E-state index contributed by atoms with van der Waals surface area (Å²) in [7, 11) is 0. The summed E-state index contributed by atoms with van der Waals surface area (Å²) in [6.07, 6.45) is 1.95. The maximum absolute atomic E-state index is 12.6. The molecule has 1 aromatic carbocycles. The van der Waals surface area contributed by atoms with Crippen molar-refractivity contribution in [1.29, 1.82) is 0 Å².